The minimum absolute atomic E-state index is 0.112. The van der Waals surface area contributed by atoms with E-state index >= 15 is 0 Å². The summed E-state index contributed by atoms with van der Waals surface area (Å²) in [6.45, 7) is 7.95. The Hall–Kier alpha value is -2.31. The van der Waals surface area contributed by atoms with E-state index in [2.05, 4.69) is 47.6 Å². The molecule has 0 fully saturated rings. The third-order valence-electron chi connectivity index (χ3n) is 4.21. The molecule has 0 aliphatic heterocycles. The molecule has 140 valence electrons. The predicted molar refractivity (Wildman–Crippen MR) is 111 cm³/mol. The van der Waals surface area contributed by atoms with Gasteiger partial charge in [-0.1, -0.05) is 41.6 Å². The molecule has 2 aromatic carbocycles. The van der Waals surface area contributed by atoms with Gasteiger partial charge in [0.15, 0.2) is 5.16 Å². The van der Waals surface area contributed by atoms with E-state index in [4.69, 9.17) is 11.6 Å². The number of amides is 1. The second-order valence-electron chi connectivity index (χ2n) is 6.45. The summed E-state index contributed by atoms with van der Waals surface area (Å²) in [5, 5.41) is 12.6. The van der Waals surface area contributed by atoms with E-state index in [9.17, 15) is 4.79 Å². The Morgan fingerprint density at radius 2 is 1.81 bits per heavy atom. The zero-order valence-electron chi connectivity index (χ0n) is 15.7. The molecule has 0 saturated heterocycles. The first kappa shape index (κ1) is 19.5. The molecule has 1 heterocycles. The molecule has 0 radical (unpaired) electrons. The highest BCUT2D eigenvalue weighted by molar-refractivity contribution is 7.99. The third kappa shape index (κ3) is 4.51. The van der Waals surface area contributed by atoms with Crippen LogP contribution < -0.4 is 5.32 Å². The molecule has 0 aliphatic carbocycles. The summed E-state index contributed by atoms with van der Waals surface area (Å²) < 4.78 is 1.99. The molecule has 0 spiro atoms. The van der Waals surface area contributed by atoms with Gasteiger partial charge >= 0.3 is 0 Å². The SMILES string of the molecule is Cc1ccc(C)c(-n2c(C)nnc2SCC(=O)Nc2cc(Cl)ccc2C)c1. The van der Waals surface area contributed by atoms with Crippen molar-refractivity contribution < 1.29 is 4.79 Å². The maximum atomic E-state index is 12.4. The molecule has 27 heavy (non-hydrogen) atoms. The van der Waals surface area contributed by atoms with Crippen LogP contribution in [0.25, 0.3) is 5.69 Å². The molecule has 1 amide bonds. The fourth-order valence-electron chi connectivity index (χ4n) is 2.72. The number of aryl methyl sites for hydroxylation is 4. The van der Waals surface area contributed by atoms with Gasteiger partial charge in [0.05, 0.1) is 11.4 Å². The first-order chi connectivity index (χ1) is 12.8. The van der Waals surface area contributed by atoms with Gasteiger partial charge in [-0.05, 0) is 62.6 Å². The molecule has 3 rings (SSSR count). The molecule has 0 saturated carbocycles. The van der Waals surface area contributed by atoms with Crippen LogP contribution in [0.1, 0.15) is 22.5 Å². The van der Waals surface area contributed by atoms with Gasteiger partial charge in [-0.25, -0.2) is 0 Å². The van der Waals surface area contributed by atoms with E-state index < -0.39 is 0 Å². The van der Waals surface area contributed by atoms with Crippen molar-refractivity contribution >= 4 is 35.0 Å². The van der Waals surface area contributed by atoms with E-state index in [1.807, 2.05) is 24.5 Å². The number of carbonyl (C=O) groups is 1. The highest BCUT2D eigenvalue weighted by Gasteiger charge is 2.15. The van der Waals surface area contributed by atoms with Crippen molar-refractivity contribution in [3.05, 3.63) is 63.9 Å². The summed E-state index contributed by atoms with van der Waals surface area (Å²) in [5.41, 5.74) is 5.01. The lowest BCUT2D eigenvalue weighted by Crippen LogP contribution is -2.15. The van der Waals surface area contributed by atoms with Gasteiger partial charge in [0.1, 0.15) is 5.82 Å². The molecule has 1 N–H and O–H groups in total. The van der Waals surface area contributed by atoms with Crippen molar-refractivity contribution in [3.8, 4) is 5.69 Å². The topological polar surface area (TPSA) is 59.8 Å². The molecule has 0 bridgehead atoms. The molecule has 0 aliphatic rings. The number of anilines is 1. The molecule has 5 nitrogen and oxygen atoms in total. The van der Waals surface area contributed by atoms with Crippen molar-refractivity contribution in [2.24, 2.45) is 0 Å². The zero-order valence-corrected chi connectivity index (χ0v) is 17.3. The molecule has 3 aromatic rings. The number of carbonyl (C=O) groups excluding carboxylic acids is 1. The van der Waals surface area contributed by atoms with Crippen LogP contribution in [0.3, 0.4) is 0 Å². The Morgan fingerprint density at radius 1 is 1.07 bits per heavy atom. The normalized spacial score (nSPS) is 10.9. The van der Waals surface area contributed by atoms with Crippen molar-refractivity contribution in [2.45, 2.75) is 32.9 Å². The average molecular weight is 401 g/mol. The number of nitrogens with one attached hydrogen (secondary N) is 1. The van der Waals surface area contributed by atoms with E-state index in [1.54, 1.807) is 12.1 Å². The Morgan fingerprint density at radius 3 is 2.59 bits per heavy atom. The first-order valence-corrected chi connectivity index (χ1v) is 9.90. The van der Waals surface area contributed by atoms with Gasteiger partial charge in [0.25, 0.3) is 0 Å². The monoisotopic (exact) mass is 400 g/mol. The molecule has 7 heteroatoms. The van der Waals surface area contributed by atoms with E-state index in [-0.39, 0.29) is 11.7 Å². The van der Waals surface area contributed by atoms with Crippen LogP contribution in [-0.4, -0.2) is 26.4 Å². The molecular weight excluding hydrogens is 380 g/mol. The van der Waals surface area contributed by atoms with Crippen LogP contribution in [0.2, 0.25) is 5.02 Å². The Kier molecular flexibility index (Phi) is 5.87. The summed E-state index contributed by atoms with van der Waals surface area (Å²) in [6.07, 6.45) is 0. The second-order valence-corrected chi connectivity index (χ2v) is 7.83. The van der Waals surface area contributed by atoms with Crippen LogP contribution >= 0.6 is 23.4 Å². The van der Waals surface area contributed by atoms with Crippen molar-refractivity contribution in [1.29, 1.82) is 0 Å². The smallest absolute Gasteiger partial charge is 0.234 e. The molecule has 0 unspecified atom stereocenters. The average Bonchev–Trinajstić information content (AvgIpc) is 2.99. The van der Waals surface area contributed by atoms with Gasteiger partial charge in [-0.3, -0.25) is 9.36 Å². The van der Waals surface area contributed by atoms with Gasteiger partial charge in [0.2, 0.25) is 5.91 Å². The number of thioether (sulfide) groups is 1. The quantitative estimate of drug-likeness (QED) is 0.619. The van der Waals surface area contributed by atoms with Crippen molar-refractivity contribution in [1.82, 2.24) is 14.8 Å². The summed E-state index contributed by atoms with van der Waals surface area (Å²) >= 11 is 7.37. The maximum Gasteiger partial charge on any atom is 0.234 e. The molecular formula is C20H21ClN4OS. The van der Waals surface area contributed by atoms with Crippen molar-refractivity contribution in [2.75, 3.05) is 11.1 Å². The summed E-state index contributed by atoms with van der Waals surface area (Å²) in [4.78, 5) is 12.4. The van der Waals surface area contributed by atoms with Gasteiger partial charge in [0, 0.05) is 10.7 Å². The number of hydrogen-bond donors (Lipinski definition) is 1. The van der Waals surface area contributed by atoms with E-state index in [0.717, 1.165) is 33.9 Å². The highest BCUT2D eigenvalue weighted by Crippen LogP contribution is 2.25. The number of benzene rings is 2. The lowest BCUT2D eigenvalue weighted by Gasteiger charge is -2.12. The van der Waals surface area contributed by atoms with Crippen LogP contribution in [0.4, 0.5) is 5.69 Å². The summed E-state index contributed by atoms with van der Waals surface area (Å²) in [5.74, 6) is 0.908. The fraction of sp³-hybridized carbons (Fsp3) is 0.250. The largest absolute Gasteiger partial charge is 0.325 e. The van der Waals surface area contributed by atoms with Crippen LogP contribution in [-0.2, 0) is 4.79 Å². The zero-order chi connectivity index (χ0) is 19.6. The first-order valence-electron chi connectivity index (χ1n) is 8.53. The number of rotatable bonds is 5. The lowest BCUT2D eigenvalue weighted by atomic mass is 10.1. The summed E-state index contributed by atoms with van der Waals surface area (Å²) in [7, 11) is 0. The number of hydrogen-bond acceptors (Lipinski definition) is 4. The Balaban J connectivity index is 1.76. The molecule has 0 atom stereocenters. The Bertz CT molecular complexity index is 1000. The third-order valence-corrected chi connectivity index (χ3v) is 5.37. The van der Waals surface area contributed by atoms with E-state index in [1.165, 1.54) is 11.8 Å². The lowest BCUT2D eigenvalue weighted by molar-refractivity contribution is -0.113. The van der Waals surface area contributed by atoms with Crippen LogP contribution in [0.5, 0.6) is 0 Å². The number of halogens is 1. The Labute approximate surface area is 168 Å². The van der Waals surface area contributed by atoms with Gasteiger partial charge in [-0.15, -0.1) is 10.2 Å². The highest BCUT2D eigenvalue weighted by atomic mass is 35.5. The standard InChI is InChI=1S/C20H21ClN4OS/c1-12-5-6-14(3)18(9-12)25-15(4)23-24-20(25)27-11-19(26)22-17-10-16(21)8-7-13(17)2/h5-10H,11H2,1-4H3,(H,22,26). The second kappa shape index (κ2) is 8.15. The number of aromatic nitrogens is 3. The predicted octanol–water partition coefficient (Wildman–Crippen LogP) is 4.89. The van der Waals surface area contributed by atoms with Crippen LogP contribution in [0, 0.1) is 27.7 Å². The van der Waals surface area contributed by atoms with Crippen molar-refractivity contribution in [3.63, 3.8) is 0 Å². The fourth-order valence-corrected chi connectivity index (χ4v) is 3.68. The van der Waals surface area contributed by atoms with Crippen LogP contribution in [0.15, 0.2) is 41.6 Å². The minimum atomic E-state index is -0.112. The minimum Gasteiger partial charge on any atom is -0.325 e. The van der Waals surface area contributed by atoms with Gasteiger partial charge < -0.3 is 5.32 Å². The van der Waals surface area contributed by atoms with Gasteiger partial charge in [-0.2, -0.15) is 0 Å². The summed E-state index contributed by atoms with van der Waals surface area (Å²) in [6, 6.07) is 11.7. The maximum absolute atomic E-state index is 12.4. The van der Waals surface area contributed by atoms with E-state index in [0.29, 0.717) is 10.2 Å². The number of nitrogens with zero attached hydrogens (tertiary/aromatic N) is 3. The molecule has 1 aromatic heterocycles.